The van der Waals surface area contributed by atoms with Gasteiger partial charge in [-0.3, -0.25) is 0 Å². The fourth-order valence-corrected chi connectivity index (χ4v) is 2.97. The van der Waals surface area contributed by atoms with Gasteiger partial charge in [-0.15, -0.1) is 0 Å². The number of aromatic nitrogens is 2. The van der Waals surface area contributed by atoms with Gasteiger partial charge in [0.25, 0.3) is 0 Å². The highest BCUT2D eigenvalue weighted by molar-refractivity contribution is 5.90. The quantitative estimate of drug-likeness (QED) is 0.780. The molecule has 0 N–H and O–H groups in total. The normalized spacial score (nSPS) is 23.8. The lowest BCUT2D eigenvalue weighted by Gasteiger charge is -2.38. The summed E-state index contributed by atoms with van der Waals surface area (Å²) in [5.41, 5.74) is 2.31. The first-order chi connectivity index (χ1) is 9.15. The highest BCUT2D eigenvalue weighted by Crippen LogP contribution is 2.30. The van der Waals surface area contributed by atoms with Gasteiger partial charge in [-0.05, 0) is 44.7 Å². The fourth-order valence-electron chi connectivity index (χ4n) is 2.97. The summed E-state index contributed by atoms with van der Waals surface area (Å²) < 4.78 is 0. The van der Waals surface area contributed by atoms with Crippen LogP contribution in [0, 0.1) is 12.8 Å². The molecule has 3 nitrogen and oxygen atoms in total. The number of rotatable bonds is 1. The Balaban J connectivity index is 2.10. The molecule has 0 amide bonds. The van der Waals surface area contributed by atoms with Gasteiger partial charge in [0.05, 0.1) is 5.52 Å². The minimum atomic E-state index is 0.565. The van der Waals surface area contributed by atoms with Crippen molar-refractivity contribution in [3.8, 4) is 0 Å². The molecule has 0 bridgehead atoms. The molecule has 3 rings (SSSR count). The lowest BCUT2D eigenvalue weighted by atomic mass is 9.94. The minimum Gasteiger partial charge on any atom is -0.353 e. The van der Waals surface area contributed by atoms with Crippen LogP contribution in [0.25, 0.3) is 10.9 Å². The molecule has 0 saturated carbocycles. The third-order valence-electron chi connectivity index (χ3n) is 4.16. The highest BCUT2D eigenvalue weighted by Gasteiger charge is 2.25. The van der Waals surface area contributed by atoms with Crippen LogP contribution in [0.15, 0.2) is 24.5 Å². The minimum absolute atomic E-state index is 0.565. The zero-order valence-corrected chi connectivity index (χ0v) is 11.9. The second-order valence-electron chi connectivity index (χ2n) is 5.90. The first kappa shape index (κ1) is 12.4. The second-order valence-corrected chi connectivity index (χ2v) is 5.90. The lowest BCUT2D eigenvalue weighted by Crippen LogP contribution is -2.41. The Kier molecular flexibility index (Phi) is 3.13. The van der Waals surface area contributed by atoms with Crippen molar-refractivity contribution in [2.45, 2.75) is 39.7 Å². The molecule has 19 heavy (non-hydrogen) atoms. The molecule has 2 heterocycles. The van der Waals surface area contributed by atoms with Crippen molar-refractivity contribution < 1.29 is 0 Å². The number of anilines is 1. The molecule has 3 heteroatoms. The van der Waals surface area contributed by atoms with Crippen LogP contribution in [0.1, 0.15) is 32.3 Å². The van der Waals surface area contributed by atoms with Crippen LogP contribution in [0.5, 0.6) is 0 Å². The highest BCUT2D eigenvalue weighted by atomic mass is 15.2. The maximum absolute atomic E-state index is 4.57. The van der Waals surface area contributed by atoms with Gasteiger partial charge in [0.2, 0.25) is 0 Å². The molecule has 0 spiro atoms. The average molecular weight is 255 g/mol. The van der Waals surface area contributed by atoms with E-state index < -0.39 is 0 Å². The van der Waals surface area contributed by atoms with Gasteiger partial charge >= 0.3 is 0 Å². The molecule has 100 valence electrons. The van der Waals surface area contributed by atoms with Crippen LogP contribution in [-0.4, -0.2) is 22.6 Å². The first-order valence-corrected chi connectivity index (χ1v) is 7.13. The summed E-state index contributed by atoms with van der Waals surface area (Å²) in [6.07, 6.45) is 4.26. The zero-order chi connectivity index (χ0) is 13.4. The molecular formula is C16H21N3. The number of hydrogen-bond donors (Lipinski definition) is 0. The molecule has 0 radical (unpaired) electrons. The Morgan fingerprint density at radius 1 is 1.16 bits per heavy atom. The van der Waals surface area contributed by atoms with E-state index in [1.165, 1.54) is 23.8 Å². The smallest absolute Gasteiger partial charge is 0.140 e. The second kappa shape index (κ2) is 4.80. The summed E-state index contributed by atoms with van der Waals surface area (Å²) in [6.45, 7) is 7.85. The average Bonchev–Trinajstić information content (AvgIpc) is 2.41. The SMILES string of the molecule is Cc1ccc2ncnc(N3CC(C)CCC3C)c2c1. The molecule has 1 fully saturated rings. The largest absolute Gasteiger partial charge is 0.353 e. The first-order valence-electron chi connectivity index (χ1n) is 7.13. The van der Waals surface area contributed by atoms with Crippen molar-refractivity contribution >= 4 is 16.7 Å². The third kappa shape index (κ3) is 2.29. The van der Waals surface area contributed by atoms with Gasteiger partial charge < -0.3 is 4.90 Å². The van der Waals surface area contributed by atoms with E-state index in [1.54, 1.807) is 6.33 Å². The standard InChI is InChI=1S/C16H21N3/c1-11-5-7-15-14(8-11)16(18-10-17-15)19-9-12(2)4-6-13(19)3/h5,7-8,10,12-13H,4,6,9H2,1-3H3. The van der Waals surface area contributed by atoms with E-state index in [0.29, 0.717) is 6.04 Å². The Bertz CT molecular complexity index is 594. The predicted molar refractivity (Wildman–Crippen MR) is 79.5 cm³/mol. The molecular weight excluding hydrogens is 234 g/mol. The monoisotopic (exact) mass is 255 g/mol. The summed E-state index contributed by atoms with van der Waals surface area (Å²) in [5, 5.41) is 1.18. The number of aryl methyl sites for hydroxylation is 1. The van der Waals surface area contributed by atoms with Gasteiger partial charge in [0.15, 0.2) is 0 Å². The van der Waals surface area contributed by atoms with Crippen molar-refractivity contribution in [1.82, 2.24) is 9.97 Å². The summed E-state index contributed by atoms with van der Waals surface area (Å²) in [4.78, 5) is 11.4. The number of nitrogens with zero attached hydrogens (tertiary/aromatic N) is 3. The van der Waals surface area contributed by atoms with Gasteiger partial charge in [-0.2, -0.15) is 0 Å². The van der Waals surface area contributed by atoms with Crippen molar-refractivity contribution in [1.29, 1.82) is 0 Å². The van der Waals surface area contributed by atoms with Crippen LogP contribution in [-0.2, 0) is 0 Å². The topological polar surface area (TPSA) is 29.0 Å². The van der Waals surface area contributed by atoms with Crippen molar-refractivity contribution in [2.24, 2.45) is 5.92 Å². The van der Waals surface area contributed by atoms with Gasteiger partial charge in [-0.25, -0.2) is 9.97 Å². The number of hydrogen-bond acceptors (Lipinski definition) is 3. The molecule has 1 aliphatic heterocycles. The summed E-state index contributed by atoms with van der Waals surface area (Å²) >= 11 is 0. The van der Waals surface area contributed by atoms with E-state index in [1.807, 2.05) is 0 Å². The molecule has 2 atom stereocenters. The zero-order valence-electron chi connectivity index (χ0n) is 11.9. The Labute approximate surface area is 114 Å². The molecule has 2 aromatic rings. The van der Waals surface area contributed by atoms with Gasteiger partial charge in [-0.1, -0.05) is 18.6 Å². The molecule has 2 unspecified atom stereocenters. The van der Waals surface area contributed by atoms with E-state index in [2.05, 4.69) is 53.8 Å². The molecule has 1 aliphatic rings. The van der Waals surface area contributed by atoms with E-state index in [9.17, 15) is 0 Å². The van der Waals surface area contributed by atoms with E-state index >= 15 is 0 Å². The molecule has 1 aromatic carbocycles. The van der Waals surface area contributed by atoms with Crippen LogP contribution in [0.4, 0.5) is 5.82 Å². The van der Waals surface area contributed by atoms with Crippen molar-refractivity contribution in [3.63, 3.8) is 0 Å². The summed E-state index contributed by atoms with van der Waals surface area (Å²) in [6, 6.07) is 6.97. The number of benzene rings is 1. The fraction of sp³-hybridized carbons (Fsp3) is 0.500. The van der Waals surface area contributed by atoms with Crippen LogP contribution in [0.3, 0.4) is 0 Å². The van der Waals surface area contributed by atoms with Crippen LogP contribution < -0.4 is 4.90 Å². The lowest BCUT2D eigenvalue weighted by molar-refractivity contribution is 0.389. The van der Waals surface area contributed by atoms with Gasteiger partial charge in [0.1, 0.15) is 12.1 Å². The molecule has 1 saturated heterocycles. The van der Waals surface area contributed by atoms with Crippen LogP contribution in [0.2, 0.25) is 0 Å². The molecule has 0 aliphatic carbocycles. The summed E-state index contributed by atoms with van der Waals surface area (Å²) in [7, 11) is 0. The van der Waals surface area contributed by atoms with Crippen LogP contribution >= 0.6 is 0 Å². The van der Waals surface area contributed by atoms with Crippen molar-refractivity contribution in [3.05, 3.63) is 30.1 Å². The molecule has 1 aromatic heterocycles. The number of piperidine rings is 1. The van der Waals surface area contributed by atoms with Crippen molar-refractivity contribution in [2.75, 3.05) is 11.4 Å². The van der Waals surface area contributed by atoms with E-state index in [0.717, 1.165) is 23.8 Å². The Morgan fingerprint density at radius 3 is 2.84 bits per heavy atom. The summed E-state index contributed by atoms with van der Waals surface area (Å²) in [5.74, 6) is 1.85. The number of fused-ring (bicyclic) bond motifs is 1. The van der Waals surface area contributed by atoms with E-state index in [4.69, 9.17) is 0 Å². The maximum atomic E-state index is 4.57. The van der Waals surface area contributed by atoms with E-state index in [-0.39, 0.29) is 0 Å². The maximum Gasteiger partial charge on any atom is 0.140 e. The van der Waals surface area contributed by atoms with Gasteiger partial charge in [0, 0.05) is 18.0 Å². The Hall–Kier alpha value is -1.64. The predicted octanol–water partition coefficient (Wildman–Crippen LogP) is 3.56. The Morgan fingerprint density at radius 2 is 2.00 bits per heavy atom. The third-order valence-corrected chi connectivity index (χ3v) is 4.16.